The summed E-state index contributed by atoms with van der Waals surface area (Å²) < 4.78 is 4.75. The zero-order valence-corrected chi connectivity index (χ0v) is 11.2. The van der Waals surface area contributed by atoms with Crippen molar-refractivity contribution in [3.8, 4) is 0 Å². The molecule has 0 spiro atoms. The molecule has 0 heterocycles. The average molecular weight is 267 g/mol. The Morgan fingerprint density at radius 3 is 2.41 bits per heavy atom. The van der Waals surface area contributed by atoms with E-state index in [1.54, 1.807) is 0 Å². The van der Waals surface area contributed by atoms with E-state index in [4.69, 9.17) is 26.6 Å². The number of aliphatic hydroxyl groups is 2. The quantitative estimate of drug-likeness (QED) is 0.361. The minimum Gasteiger partial charge on any atom is -0.443 e. The number of esters is 1. The van der Waals surface area contributed by atoms with Gasteiger partial charge in [-0.25, -0.2) is 0 Å². The second-order valence-corrected chi connectivity index (χ2v) is 4.54. The molecule has 0 rings (SSSR count). The van der Waals surface area contributed by atoms with Gasteiger partial charge in [-0.1, -0.05) is 50.6 Å². The minimum absolute atomic E-state index is 0.313. The molecule has 0 amide bonds. The number of halogens is 1. The van der Waals surface area contributed by atoms with Crippen molar-refractivity contribution in [3.05, 3.63) is 0 Å². The highest BCUT2D eigenvalue weighted by molar-refractivity contribution is 6.20. The molecule has 0 aliphatic rings. The van der Waals surface area contributed by atoms with Crippen molar-refractivity contribution in [2.45, 2.75) is 63.5 Å². The van der Waals surface area contributed by atoms with Gasteiger partial charge in [0.15, 0.2) is 0 Å². The molecule has 0 aromatic carbocycles. The predicted molar refractivity (Wildman–Crippen MR) is 66.8 cm³/mol. The molecule has 17 heavy (non-hydrogen) atoms. The topological polar surface area (TPSA) is 66.8 Å². The third-order valence-electron chi connectivity index (χ3n) is 2.47. The van der Waals surface area contributed by atoms with Crippen molar-refractivity contribution in [2.75, 3.05) is 6.61 Å². The van der Waals surface area contributed by atoms with E-state index < -0.39 is 24.2 Å². The molecule has 5 heteroatoms. The molecule has 2 atom stereocenters. The monoisotopic (exact) mass is 266 g/mol. The molecule has 0 aliphatic carbocycles. The fourth-order valence-electron chi connectivity index (χ4n) is 1.40. The van der Waals surface area contributed by atoms with Crippen LogP contribution in [0.25, 0.3) is 0 Å². The summed E-state index contributed by atoms with van der Waals surface area (Å²) >= 11 is 5.55. The number of rotatable bonds is 10. The Morgan fingerprint density at radius 1 is 1.24 bits per heavy atom. The fraction of sp³-hybridized carbons (Fsp3) is 0.917. The number of carbonyl (C=O) groups excluding carboxylic acids is 1. The van der Waals surface area contributed by atoms with Crippen LogP contribution < -0.4 is 0 Å². The SMILES string of the molecule is CCCCCCCCC(=O)O[C@@H](Cl)[C@H](O)CO. The van der Waals surface area contributed by atoms with E-state index in [1.165, 1.54) is 19.3 Å². The van der Waals surface area contributed by atoms with Gasteiger partial charge in [-0.05, 0) is 6.42 Å². The molecular formula is C12H23ClO4. The molecule has 102 valence electrons. The summed E-state index contributed by atoms with van der Waals surface area (Å²) in [5, 5.41) is 17.7. The number of hydrogen-bond acceptors (Lipinski definition) is 4. The van der Waals surface area contributed by atoms with Crippen LogP contribution in [0.4, 0.5) is 0 Å². The second-order valence-electron chi connectivity index (χ2n) is 4.11. The Balaban J connectivity index is 3.46. The van der Waals surface area contributed by atoms with Crippen molar-refractivity contribution in [1.29, 1.82) is 0 Å². The van der Waals surface area contributed by atoms with Gasteiger partial charge in [-0.3, -0.25) is 4.79 Å². The van der Waals surface area contributed by atoms with E-state index in [1.807, 2.05) is 0 Å². The lowest BCUT2D eigenvalue weighted by Gasteiger charge is -2.15. The summed E-state index contributed by atoms with van der Waals surface area (Å²) in [7, 11) is 0. The zero-order chi connectivity index (χ0) is 13.1. The second kappa shape index (κ2) is 10.8. The molecular weight excluding hydrogens is 244 g/mol. The lowest BCUT2D eigenvalue weighted by molar-refractivity contribution is -0.150. The van der Waals surface area contributed by atoms with E-state index in [-0.39, 0.29) is 0 Å². The summed E-state index contributed by atoms with van der Waals surface area (Å²) in [4.78, 5) is 11.3. The molecule has 0 aliphatic heterocycles. The maximum absolute atomic E-state index is 11.3. The van der Waals surface area contributed by atoms with Crippen LogP contribution in [-0.2, 0) is 9.53 Å². The van der Waals surface area contributed by atoms with Crippen LogP contribution in [0.5, 0.6) is 0 Å². The van der Waals surface area contributed by atoms with Crippen LogP contribution in [0.3, 0.4) is 0 Å². The standard InChI is InChI=1S/C12H23ClO4/c1-2-3-4-5-6-7-8-11(16)17-12(13)10(15)9-14/h10,12,14-15H,2-9H2,1H3/t10-,12-/m1/s1. The van der Waals surface area contributed by atoms with Gasteiger partial charge in [0.2, 0.25) is 5.56 Å². The molecule has 0 saturated heterocycles. The molecule has 0 unspecified atom stereocenters. The lowest BCUT2D eigenvalue weighted by Crippen LogP contribution is -2.29. The van der Waals surface area contributed by atoms with Crippen molar-refractivity contribution in [3.63, 3.8) is 0 Å². The molecule has 0 bridgehead atoms. The maximum atomic E-state index is 11.3. The fourth-order valence-corrected chi connectivity index (χ4v) is 1.57. The average Bonchev–Trinajstić information content (AvgIpc) is 2.32. The number of alkyl halides is 1. The van der Waals surface area contributed by atoms with Gasteiger partial charge >= 0.3 is 5.97 Å². The smallest absolute Gasteiger partial charge is 0.307 e. The highest BCUT2D eigenvalue weighted by atomic mass is 35.5. The minimum atomic E-state index is -1.22. The van der Waals surface area contributed by atoms with E-state index in [9.17, 15) is 4.79 Å². The molecule has 0 fully saturated rings. The van der Waals surface area contributed by atoms with E-state index in [2.05, 4.69) is 6.92 Å². The van der Waals surface area contributed by atoms with E-state index in [0.29, 0.717) is 6.42 Å². The Bertz CT molecular complexity index is 199. The van der Waals surface area contributed by atoms with Crippen LogP contribution in [0.1, 0.15) is 51.9 Å². The summed E-state index contributed by atoms with van der Waals surface area (Å²) in [6.45, 7) is 1.64. The highest BCUT2D eigenvalue weighted by Crippen LogP contribution is 2.10. The summed E-state index contributed by atoms with van der Waals surface area (Å²) in [5.41, 5.74) is -1.16. The number of unbranched alkanes of at least 4 members (excludes halogenated alkanes) is 5. The Kier molecular flexibility index (Phi) is 10.6. The third kappa shape index (κ3) is 9.39. The largest absolute Gasteiger partial charge is 0.443 e. The number of carbonyl (C=O) groups is 1. The van der Waals surface area contributed by atoms with Crippen molar-refractivity contribution < 1.29 is 19.7 Å². The molecule has 0 radical (unpaired) electrons. The first-order valence-electron chi connectivity index (χ1n) is 6.24. The van der Waals surface area contributed by atoms with Gasteiger partial charge in [0, 0.05) is 6.42 Å². The summed E-state index contributed by atoms with van der Waals surface area (Å²) in [5.74, 6) is -0.423. The molecule has 0 saturated carbocycles. The summed E-state index contributed by atoms with van der Waals surface area (Å²) in [6, 6.07) is 0. The Hall–Kier alpha value is -0.320. The van der Waals surface area contributed by atoms with Gasteiger partial charge in [0.05, 0.1) is 6.61 Å². The predicted octanol–water partition coefficient (Wildman–Crippen LogP) is 2.20. The van der Waals surface area contributed by atoms with E-state index >= 15 is 0 Å². The van der Waals surface area contributed by atoms with Crippen molar-refractivity contribution >= 4 is 17.6 Å². The van der Waals surface area contributed by atoms with Gasteiger partial charge in [0.1, 0.15) is 6.10 Å². The molecule has 0 aromatic rings. The third-order valence-corrected chi connectivity index (χ3v) is 2.85. The number of ether oxygens (including phenoxy) is 1. The lowest BCUT2D eigenvalue weighted by atomic mass is 10.1. The van der Waals surface area contributed by atoms with Gasteiger partial charge in [0.25, 0.3) is 0 Å². The van der Waals surface area contributed by atoms with Gasteiger partial charge in [-0.2, -0.15) is 0 Å². The molecule has 4 nitrogen and oxygen atoms in total. The van der Waals surface area contributed by atoms with Crippen LogP contribution in [0.15, 0.2) is 0 Å². The summed E-state index contributed by atoms with van der Waals surface area (Å²) in [6.07, 6.45) is 5.65. The maximum Gasteiger partial charge on any atom is 0.307 e. The van der Waals surface area contributed by atoms with Crippen LogP contribution in [0, 0.1) is 0 Å². The zero-order valence-electron chi connectivity index (χ0n) is 10.4. The highest BCUT2D eigenvalue weighted by Gasteiger charge is 2.19. The normalized spacial score (nSPS) is 14.4. The number of hydrogen-bond donors (Lipinski definition) is 2. The van der Waals surface area contributed by atoms with Crippen molar-refractivity contribution in [1.82, 2.24) is 0 Å². The Morgan fingerprint density at radius 2 is 1.82 bits per heavy atom. The number of aliphatic hydroxyl groups excluding tert-OH is 2. The van der Waals surface area contributed by atoms with Crippen molar-refractivity contribution in [2.24, 2.45) is 0 Å². The van der Waals surface area contributed by atoms with Crippen LogP contribution >= 0.6 is 11.6 Å². The first kappa shape index (κ1) is 16.7. The van der Waals surface area contributed by atoms with E-state index in [0.717, 1.165) is 19.3 Å². The molecule has 2 N–H and O–H groups in total. The van der Waals surface area contributed by atoms with Crippen LogP contribution in [-0.4, -0.2) is 34.5 Å². The first-order chi connectivity index (χ1) is 8.11. The van der Waals surface area contributed by atoms with Gasteiger partial charge < -0.3 is 14.9 Å². The van der Waals surface area contributed by atoms with Gasteiger partial charge in [-0.15, -0.1) is 0 Å². The van der Waals surface area contributed by atoms with Crippen LogP contribution in [0.2, 0.25) is 0 Å². The molecule has 0 aromatic heterocycles. The Labute approximate surface area is 108 Å². The first-order valence-corrected chi connectivity index (χ1v) is 6.68.